The number of aromatic nitrogens is 2. The van der Waals surface area contributed by atoms with Gasteiger partial charge in [0.15, 0.2) is 0 Å². The standard InChI is InChI=1S/C18H19N5O3S/c1-2-19-18(25)21-13-6-3-5-12(11-13)20-15(24)8-9-16-22-17(23-26-16)14-7-4-10-27-14/h3-7,10-11H,2,8-9H2,1H3,(H,20,24)(H2,19,21,25). The Morgan fingerprint density at radius 3 is 2.70 bits per heavy atom. The molecule has 0 aliphatic rings. The number of aryl methyl sites for hydroxylation is 1. The Morgan fingerprint density at radius 1 is 1.15 bits per heavy atom. The van der Waals surface area contributed by atoms with Gasteiger partial charge in [-0.2, -0.15) is 4.98 Å². The van der Waals surface area contributed by atoms with Crippen LogP contribution in [0, 0.1) is 0 Å². The minimum absolute atomic E-state index is 0.180. The van der Waals surface area contributed by atoms with E-state index in [1.807, 2.05) is 24.4 Å². The van der Waals surface area contributed by atoms with Crippen molar-refractivity contribution >= 4 is 34.6 Å². The van der Waals surface area contributed by atoms with E-state index in [1.165, 1.54) is 11.3 Å². The van der Waals surface area contributed by atoms with Crippen LogP contribution in [0.3, 0.4) is 0 Å². The van der Waals surface area contributed by atoms with E-state index in [1.54, 1.807) is 24.3 Å². The number of carbonyl (C=O) groups excluding carboxylic acids is 2. The van der Waals surface area contributed by atoms with E-state index >= 15 is 0 Å². The molecule has 0 unspecified atom stereocenters. The molecule has 3 rings (SSSR count). The van der Waals surface area contributed by atoms with Crippen molar-refractivity contribution in [3.05, 3.63) is 47.7 Å². The lowest BCUT2D eigenvalue weighted by Gasteiger charge is -2.09. The van der Waals surface area contributed by atoms with E-state index in [4.69, 9.17) is 4.52 Å². The monoisotopic (exact) mass is 385 g/mol. The molecule has 0 saturated carbocycles. The van der Waals surface area contributed by atoms with Crippen molar-refractivity contribution in [1.29, 1.82) is 0 Å². The lowest BCUT2D eigenvalue weighted by molar-refractivity contribution is -0.116. The Kier molecular flexibility index (Phi) is 6.16. The number of nitrogens with zero attached hydrogens (tertiary/aromatic N) is 2. The molecular weight excluding hydrogens is 366 g/mol. The van der Waals surface area contributed by atoms with Gasteiger partial charge in [-0.1, -0.05) is 17.3 Å². The Balaban J connectivity index is 1.51. The van der Waals surface area contributed by atoms with E-state index in [9.17, 15) is 9.59 Å². The predicted octanol–water partition coefficient (Wildman–Crippen LogP) is 3.51. The fourth-order valence-electron chi connectivity index (χ4n) is 2.32. The molecule has 0 atom stereocenters. The molecule has 0 fully saturated rings. The first kappa shape index (κ1) is 18.6. The second-order valence-electron chi connectivity index (χ2n) is 5.60. The van der Waals surface area contributed by atoms with Crippen LogP contribution in [0.4, 0.5) is 16.2 Å². The predicted molar refractivity (Wildman–Crippen MR) is 104 cm³/mol. The van der Waals surface area contributed by atoms with Crippen LogP contribution in [0.25, 0.3) is 10.7 Å². The number of amides is 3. The van der Waals surface area contributed by atoms with E-state index in [0.717, 1.165) is 4.88 Å². The highest BCUT2D eigenvalue weighted by atomic mass is 32.1. The first-order valence-corrected chi connectivity index (χ1v) is 9.33. The summed E-state index contributed by atoms with van der Waals surface area (Å²) in [5.74, 6) is 0.769. The van der Waals surface area contributed by atoms with Gasteiger partial charge in [-0.3, -0.25) is 4.79 Å². The van der Waals surface area contributed by atoms with Crippen LogP contribution >= 0.6 is 11.3 Å². The Labute approximate surface area is 160 Å². The third-order valence-electron chi connectivity index (χ3n) is 3.52. The molecule has 0 bridgehead atoms. The largest absolute Gasteiger partial charge is 0.339 e. The maximum absolute atomic E-state index is 12.2. The van der Waals surface area contributed by atoms with Crippen molar-refractivity contribution in [2.45, 2.75) is 19.8 Å². The van der Waals surface area contributed by atoms with E-state index in [-0.39, 0.29) is 18.4 Å². The normalized spacial score (nSPS) is 10.4. The smallest absolute Gasteiger partial charge is 0.319 e. The SMILES string of the molecule is CCNC(=O)Nc1cccc(NC(=O)CCc2nc(-c3cccs3)no2)c1. The van der Waals surface area contributed by atoms with Gasteiger partial charge in [-0.05, 0) is 36.6 Å². The maximum atomic E-state index is 12.2. The molecule has 0 radical (unpaired) electrons. The highest BCUT2D eigenvalue weighted by Gasteiger charge is 2.11. The van der Waals surface area contributed by atoms with Gasteiger partial charge in [0.1, 0.15) is 0 Å². The Bertz CT molecular complexity index is 907. The van der Waals surface area contributed by atoms with E-state index < -0.39 is 0 Å². The van der Waals surface area contributed by atoms with Gasteiger partial charge < -0.3 is 20.5 Å². The van der Waals surface area contributed by atoms with Crippen molar-refractivity contribution in [2.24, 2.45) is 0 Å². The zero-order chi connectivity index (χ0) is 19.1. The number of benzene rings is 1. The number of nitrogens with one attached hydrogen (secondary N) is 3. The van der Waals surface area contributed by atoms with Crippen LogP contribution in [-0.4, -0.2) is 28.6 Å². The van der Waals surface area contributed by atoms with Gasteiger partial charge in [-0.25, -0.2) is 4.79 Å². The molecule has 0 aliphatic carbocycles. The summed E-state index contributed by atoms with van der Waals surface area (Å²) in [5, 5.41) is 14.0. The number of thiophene rings is 1. The number of anilines is 2. The van der Waals surface area contributed by atoms with Crippen molar-refractivity contribution < 1.29 is 14.1 Å². The van der Waals surface area contributed by atoms with Crippen LogP contribution < -0.4 is 16.0 Å². The minimum atomic E-state index is -0.293. The van der Waals surface area contributed by atoms with Crippen molar-refractivity contribution in [3.8, 4) is 10.7 Å². The van der Waals surface area contributed by atoms with Crippen molar-refractivity contribution in [1.82, 2.24) is 15.5 Å². The van der Waals surface area contributed by atoms with Crippen LogP contribution in [0.15, 0.2) is 46.3 Å². The molecule has 2 heterocycles. The second-order valence-corrected chi connectivity index (χ2v) is 6.55. The number of urea groups is 1. The molecule has 3 aromatic rings. The molecule has 8 nitrogen and oxygen atoms in total. The van der Waals surface area contributed by atoms with E-state index in [2.05, 4.69) is 26.1 Å². The molecule has 0 aliphatic heterocycles. The third-order valence-corrected chi connectivity index (χ3v) is 4.38. The van der Waals surface area contributed by atoms with Gasteiger partial charge >= 0.3 is 6.03 Å². The maximum Gasteiger partial charge on any atom is 0.319 e. The van der Waals surface area contributed by atoms with Gasteiger partial charge in [0.25, 0.3) is 0 Å². The summed E-state index contributed by atoms with van der Waals surface area (Å²) in [7, 11) is 0. The second kappa shape index (κ2) is 8.95. The number of rotatable bonds is 7. The average molecular weight is 385 g/mol. The lowest BCUT2D eigenvalue weighted by Crippen LogP contribution is -2.28. The first-order valence-electron chi connectivity index (χ1n) is 8.45. The Morgan fingerprint density at radius 2 is 1.96 bits per heavy atom. The van der Waals surface area contributed by atoms with E-state index in [0.29, 0.717) is 36.1 Å². The first-order chi connectivity index (χ1) is 13.1. The minimum Gasteiger partial charge on any atom is -0.339 e. The van der Waals surface area contributed by atoms with Gasteiger partial charge in [-0.15, -0.1) is 11.3 Å². The fraction of sp³-hybridized carbons (Fsp3) is 0.222. The molecular formula is C18H19N5O3S. The summed E-state index contributed by atoms with van der Waals surface area (Å²) >= 11 is 1.53. The lowest BCUT2D eigenvalue weighted by atomic mass is 10.2. The number of carbonyl (C=O) groups is 2. The number of hydrogen-bond donors (Lipinski definition) is 3. The topological polar surface area (TPSA) is 109 Å². The molecule has 0 spiro atoms. The quantitative estimate of drug-likeness (QED) is 0.577. The zero-order valence-electron chi connectivity index (χ0n) is 14.7. The molecule has 1 aromatic carbocycles. The highest BCUT2D eigenvalue weighted by molar-refractivity contribution is 7.13. The molecule has 3 N–H and O–H groups in total. The summed E-state index contributed by atoms with van der Waals surface area (Å²) < 4.78 is 5.19. The summed E-state index contributed by atoms with van der Waals surface area (Å²) in [6.07, 6.45) is 0.557. The summed E-state index contributed by atoms with van der Waals surface area (Å²) in [6, 6.07) is 10.5. The van der Waals surface area contributed by atoms with Crippen LogP contribution in [0.1, 0.15) is 19.2 Å². The van der Waals surface area contributed by atoms with Crippen LogP contribution in [0.2, 0.25) is 0 Å². The molecule has 3 amide bonds. The molecule has 2 aromatic heterocycles. The van der Waals surface area contributed by atoms with Gasteiger partial charge in [0.2, 0.25) is 17.6 Å². The highest BCUT2D eigenvalue weighted by Crippen LogP contribution is 2.21. The summed E-state index contributed by atoms with van der Waals surface area (Å²) in [4.78, 5) is 28.9. The zero-order valence-corrected chi connectivity index (χ0v) is 15.5. The summed E-state index contributed by atoms with van der Waals surface area (Å²) in [6.45, 7) is 2.37. The fourth-order valence-corrected chi connectivity index (χ4v) is 2.97. The van der Waals surface area contributed by atoms with Crippen molar-refractivity contribution in [3.63, 3.8) is 0 Å². The summed E-state index contributed by atoms with van der Waals surface area (Å²) in [5.41, 5.74) is 1.19. The molecule has 9 heteroatoms. The molecule has 140 valence electrons. The van der Waals surface area contributed by atoms with Crippen molar-refractivity contribution in [2.75, 3.05) is 17.2 Å². The molecule has 27 heavy (non-hydrogen) atoms. The van der Waals surface area contributed by atoms with Gasteiger partial charge in [0, 0.05) is 30.8 Å². The van der Waals surface area contributed by atoms with Crippen LogP contribution in [0.5, 0.6) is 0 Å². The average Bonchev–Trinajstić information content (AvgIpc) is 3.32. The number of hydrogen-bond acceptors (Lipinski definition) is 6. The molecule has 0 saturated heterocycles. The van der Waals surface area contributed by atoms with Crippen LogP contribution in [-0.2, 0) is 11.2 Å². The third kappa shape index (κ3) is 5.38. The Hall–Kier alpha value is -3.20. The van der Waals surface area contributed by atoms with Gasteiger partial charge in [0.05, 0.1) is 4.88 Å².